The molecule has 0 saturated carbocycles. The zero-order chi connectivity index (χ0) is 13.8. The number of likely N-dealkylation sites (tertiary alicyclic amines) is 1. The van der Waals surface area contributed by atoms with Crippen LogP contribution in [0.1, 0.15) is 18.0 Å². The lowest BCUT2D eigenvalue weighted by atomic mass is 10.0. The average Bonchev–Trinajstić information content (AvgIpc) is 2.78. The second-order valence-corrected chi connectivity index (χ2v) is 5.67. The number of rotatable bonds is 5. The highest BCUT2D eigenvalue weighted by Crippen LogP contribution is 2.36. The maximum Gasteiger partial charge on any atom is 0.119 e. The number of benzene rings is 1. The summed E-state index contributed by atoms with van der Waals surface area (Å²) in [5, 5.41) is 0. The Morgan fingerprint density at radius 3 is 2.89 bits per heavy atom. The Kier molecular flexibility index (Phi) is 5.21. The third-order valence-corrected chi connectivity index (χ3v) is 4.38. The van der Waals surface area contributed by atoms with Crippen LogP contribution in [-0.4, -0.2) is 44.9 Å². The maximum atomic E-state index is 6.29. The lowest BCUT2D eigenvalue weighted by Gasteiger charge is -2.28. The first-order valence-corrected chi connectivity index (χ1v) is 7.28. The van der Waals surface area contributed by atoms with E-state index in [1.54, 1.807) is 14.2 Å². The average molecular weight is 329 g/mol. The molecule has 1 aliphatic rings. The van der Waals surface area contributed by atoms with Crippen molar-refractivity contribution in [1.29, 1.82) is 0 Å². The van der Waals surface area contributed by atoms with Crippen LogP contribution in [0.15, 0.2) is 22.7 Å². The van der Waals surface area contributed by atoms with Gasteiger partial charge in [0.25, 0.3) is 0 Å². The van der Waals surface area contributed by atoms with Gasteiger partial charge in [0.1, 0.15) is 5.75 Å². The van der Waals surface area contributed by atoms with E-state index in [2.05, 4.69) is 26.9 Å². The van der Waals surface area contributed by atoms with Gasteiger partial charge >= 0.3 is 0 Å². The topological polar surface area (TPSA) is 47.7 Å². The molecule has 1 aliphatic heterocycles. The van der Waals surface area contributed by atoms with Crippen LogP contribution in [0.2, 0.25) is 0 Å². The summed E-state index contributed by atoms with van der Waals surface area (Å²) in [6.07, 6.45) is 1.01. The van der Waals surface area contributed by atoms with Gasteiger partial charge in [-0.25, -0.2) is 0 Å². The Hall–Kier alpha value is -0.620. The monoisotopic (exact) mass is 328 g/mol. The van der Waals surface area contributed by atoms with Gasteiger partial charge in [0.05, 0.1) is 19.8 Å². The molecule has 0 spiro atoms. The lowest BCUT2D eigenvalue weighted by molar-refractivity contribution is 0.138. The van der Waals surface area contributed by atoms with Crippen molar-refractivity contribution in [2.45, 2.75) is 18.5 Å². The van der Waals surface area contributed by atoms with Crippen molar-refractivity contribution >= 4 is 15.9 Å². The van der Waals surface area contributed by atoms with Crippen molar-refractivity contribution in [2.75, 3.05) is 33.9 Å². The molecule has 106 valence electrons. The third-order valence-electron chi connectivity index (χ3n) is 3.65. The smallest absolute Gasteiger partial charge is 0.119 e. The molecule has 2 atom stereocenters. The number of methoxy groups -OCH3 is 2. The predicted octanol–water partition coefficient (Wildman–Crippen LogP) is 2.18. The van der Waals surface area contributed by atoms with Crippen LogP contribution in [-0.2, 0) is 4.74 Å². The molecule has 0 bridgehead atoms. The van der Waals surface area contributed by atoms with E-state index in [1.165, 1.54) is 5.56 Å². The molecule has 2 N–H and O–H groups in total. The van der Waals surface area contributed by atoms with Crippen molar-refractivity contribution in [3.63, 3.8) is 0 Å². The van der Waals surface area contributed by atoms with E-state index >= 15 is 0 Å². The summed E-state index contributed by atoms with van der Waals surface area (Å²) in [5.41, 5.74) is 7.48. The second kappa shape index (κ2) is 6.70. The summed E-state index contributed by atoms with van der Waals surface area (Å²) < 4.78 is 11.6. The summed E-state index contributed by atoms with van der Waals surface area (Å²) in [7, 11) is 3.41. The zero-order valence-electron chi connectivity index (χ0n) is 11.4. The molecule has 1 aromatic rings. The molecule has 4 nitrogen and oxygen atoms in total. The molecule has 0 aliphatic carbocycles. The quantitative estimate of drug-likeness (QED) is 0.900. The number of halogens is 1. The lowest BCUT2D eigenvalue weighted by Crippen LogP contribution is -2.34. The summed E-state index contributed by atoms with van der Waals surface area (Å²) >= 11 is 3.62. The van der Waals surface area contributed by atoms with E-state index in [9.17, 15) is 0 Å². The van der Waals surface area contributed by atoms with E-state index < -0.39 is 0 Å². The standard InChI is InChI=1S/C14H21BrN2O2/c1-18-8-7-17-6-5-13(16)14(17)11-9-10(19-2)3-4-12(11)15/h3-4,9,13-14H,5-8,16H2,1-2H3. The second-order valence-electron chi connectivity index (χ2n) is 4.81. The summed E-state index contributed by atoms with van der Waals surface area (Å²) in [6.45, 7) is 2.64. The van der Waals surface area contributed by atoms with Crippen LogP contribution >= 0.6 is 15.9 Å². The van der Waals surface area contributed by atoms with Gasteiger partial charge in [-0.05, 0) is 30.2 Å². The number of hydrogen-bond donors (Lipinski definition) is 1. The van der Waals surface area contributed by atoms with Gasteiger partial charge in [-0.1, -0.05) is 15.9 Å². The molecule has 0 aromatic heterocycles. The first kappa shape index (κ1) is 14.8. The number of hydrogen-bond acceptors (Lipinski definition) is 4. The highest BCUT2D eigenvalue weighted by molar-refractivity contribution is 9.10. The van der Waals surface area contributed by atoms with Crippen LogP contribution in [0.4, 0.5) is 0 Å². The van der Waals surface area contributed by atoms with E-state index in [4.69, 9.17) is 15.2 Å². The van der Waals surface area contributed by atoms with E-state index in [0.717, 1.165) is 36.3 Å². The van der Waals surface area contributed by atoms with Crippen LogP contribution < -0.4 is 10.5 Å². The molecule has 2 rings (SSSR count). The van der Waals surface area contributed by atoms with Gasteiger partial charge in [0.15, 0.2) is 0 Å². The number of ether oxygens (including phenoxy) is 2. The first-order chi connectivity index (χ1) is 9.17. The Balaban J connectivity index is 2.26. The zero-order valence-corrected chi connectivity index (χ0v) is 13.0. The summed E-state index contributed by atoms with van der Waals surface area (Å²) in [5.74, 6) is 0.865. The van der Waals surface area contributed by atoms with Crippen molar-refractivity contribution in [2.24, 2.45) is 5.73 Å². The number of nitrogens with two attached hydrogens (primary N) is 1. The Labute approximate surface area is 123 Å². The minimum Gasteiger partial charge on any atom is -0.497 e. The fourth-order valence-electron chi connectivity index (χ4n) is 2.64. The van der Waals surface area contributed by atoms with Gasteiger partial charge in [0, 0.05) is 30.7 Å². The van der Waals surface area contributed by atoms with Crippen molar-refractivity contribution in [3.8, 4) is 5.75 Å². The van der Waals surface area contributed by atoms with Gasteiger partial charge < -0.3 is 15.2 Å². The molecule has 1 fully saturated rings. The van der Waals surface area contributed by atoms with Crippen molar-refractivity contribution in [1.82, 2.24) is 4.90 Å². The molecule has 1 aromatic carbocycles. The first-order valence-electron chi connectivity index (χ1n) is 6.49. The SMILES string of the molecule is COCCN1CCC(N)C1c1cc(OC)ccc1Br. The molecule has 1 heterocycles. The van der Waals surface area contributed by atoms with Crippen molar-refractivity contribution in [3.05, 3.63) is 28.2 Å². The van der Waals surface area contributed by atoms with E-state index in [-0.39, 0.29) is 12.1 Å². The minimum atomic E-state index is 0.153. The van der Waals surface area contributed by atoms with Gasteiger partial charge in [-0.15, -0.1) is 0 Å². The molecule has 5 heteroatoms. The molecule has 2 unspecified atom stereocenters. The molecule has 0 amide bonds. The van der Waals surface area contributed by atoms with Gasteiger partial charge in [0.2, 0.25) is 0 Å². The summed E-state index contributed by atoms with van der Waals surface area (Å²) in [6, 6.07) is 6.42. The van der Waals surface area contributed by atoms with Gasteiger partial charge in [-0.3, -0.25) is 4.90 Å². The molecule has 19 heavy (non-hydrogen) atoms. The molecule has 0 radical (unpaired) electrons. The fourth-order valence-corrected chi connectivity index (χ4v) is 3.13. The summed E-state index contributed by atoms with van der Waals surface area (Å²) in [4.78, 5) is 2.38. The van der Waals surface area contributed by atoms with Crippen LogP contribution in [0.25, 0.3) is 0 Å². The fraction of sp³-hybridized carbons (Fsp3) is 0.571. The molecular formula is C14H21BrN2O2. The van der Waals surface area contributed by atoms with Gasteiger partial charge in [-0.2, -0.15) is 0 Å². The highest BCUT2D eigenvalue weighted by atomic mass is 79.9. The number of nitrogens with zero attached hydrogens (tertiary/aromatic N) is 1. The Morgan fingerprint density at radius 2 is 2.21 bits per heavy atom. The van der Waals surface area contributed by atoms with Crippen LogP contribution in [0.5, 0.6) is 5.75 Å². The van der Waals surface area contributed by atoms with Crippen molar-refractivity contribution < 1.29 is 9.47 Å². The molecular weight excluding hydrogens is 308 g/mol. The highest BCUT2D eigenvalue weighted by Gasteiger charge is 2.33. The van der Waals surface area contributed by atoms with Crippen LogP contribution in [0.3, 0.4) is 0 Å². The maximum absolute atomic E-state index is 6.29. The minimum absolute atomic E-state index is 0.153. The largest absolute Gasteiger partial charge is 0.497 e. The Bertz CT molecular complexity index is 428. The van der Waals surface area contributed by atoms with E-state index in [1.807, 2.05) is 12.1 Å². The Morgan fingerprint density at radius 1 is 1.42 bits per heavy atom. The molecule has 1 saturated heterocycles. The van der Waals surface area contributed by atoms with E-state index in [0.29, 0.717) is 0 Å². The normalized spacial score (nSPS) is 23.8. The van der Waals surface area contributed by atoms with Crippen LogP contribution in [0, 0.1) is 0 Å². The third kappa shape index (κ3) is 3.28. The predicted molar refractivity (Wildman–Crippen MR) is 79.5 cm³/mol.